The second-order valence-corrected chi connectivity index (χ2v) is 7.95. The van der Waals surface area contributed by atoms with Crippen molar-refractivity contribution in [3.63, 3.8) is 0 Å². The number of phenolic OH excluding ortho intramolecular Hbond substituents is 1. The molecule has 140 valence electrons. The molecule has 0 fully saturated rings. The van der Waals surface area contributed by atoms with Gasteiger partial charge in [0.05, 0.1) is 17.0 Å². The van der Waals surface area contributed by atoms with Gasteiger partial charge < -0.3 is 14.8 Å². The Labute approximate surface area is 165 Å². The number of thiophene rings is 1. The van der Waals surface area contributed by atoms with E-state index < -0.39 is 0 Å². The topological polar surface area (TPSA) is 75.2 Å². The molecule has 2 N–H and O–H groups in total. The Morgan fingerprint density at radius 2 is 2.15 bits per heavy atom. The van der Waals surface area contributed by atoms with Crippen LogP contribution in [-0.2, 0) is 12.8 Å². The lowest BCUT2D eigenvalue weighted by atomic mass is 9.97. The highest BCUT2D eigenvalue weighted by Gasteiger charge is 2.19. The van der Waals surface area contributed by atoms with E-state index >= 15 is 0 Å². The molecule has 0 amide bonds. The zero-order valence-electron chi connectivity index (χ0n) is 14.8. The van der Waals surface area contributed by atoms with E-state index in [1.807, 2.05) is 6.92 Å². The fourth-order valence-corrected chi connectivity index (χ4v) is 4.88. The molecule has 1 aliphatic rings. The van der Waals surface area contributed by atoms with Crippen LogP contribution < -0.4 is 10.3 Å². The molecule has 0 spiro atoms. The molecule has 4 rings (SSSR count). The third-order valence-electron chi connectivity index (χ3n) is 4.63. The van der Waals surface area contributed by atoms with Gasteiger partial charge in [-0.15, -0.1) is 11.3 Å². The quantitative estimate of drug-likeness (QED) is 0.657. The van der Waals surface area contributed by atoms with Crippen molar-refractivity contribution in [3.8, 4) is 11.5 Å². The van der Waals surface area contributed by atoms with Gasteiger partial charge in [0.2, 0.25) is 0 Å². The highest BCUT2D eigenvalue weighted by molar-refractivity contribution is 7.18. The van der Waals surface area contributed by atoms with Crippen LogP contribution in [-0.4, -0.2) is 21.7 Å². The summed E-state index contributed by atoms with van der Waals surface area (Å²) in [4.78, 5) is 22.2. The molecule has 0 radical (unpaired) electrons. The number of hydrogen-bond acceptors (Lipinski definition) is 5. The molecular formula is C20H19ClN2O3S. The number of rotatable bonds is 4. The van der Waals surface area contributed by atoms with Crippen LogP contribution in [0, 0.1) is 0 Å². The predicted molar refractivity (Wildman–Crippen MR) is 110 cm³/mol. The lowest BCUT2D eigenvalue weighted by Crippen LogP contribution is -2.11. The average Bonchev–Trinajstić information content (AvgIpc) is 3.03. The second-order valence-electron chi connectivity index (χ2n) is 6.46. The number of benzene rings is 1. The van der Waals surface area contributed by atoms with E-state index in [4.69, 9.17) is 16.3 Å². The SMILES string of the molecule is CCOc1cc(/C=C/c2nc3sc4c(c3c(=O)[nH]2)CCCC4)cc(Cl)c1O. The first kappa shape index (κ1) is 18.1. The average molecular weight is 403 g/mol. The van der Waals surface area contributed by atoms with Crippen LogP contribution in [0.4, 0.5) is 0 Å². The summed E-state index contributed by atoms with van der Waals surface area (Å²) in [5.41, 5.74) is 1.84. The predicted octanol–water partition coefficient (Wildman–Crippen LogP) is 4.79. The van der Waals surface area contributed by atoms with Crippen molar-refractivity contribution in [1.82, 2.24) is 9.97 Å². The summed E-state index contributed by atoms with van der Waals surface area (Å²) in [6.45, 7) is 2.26. The number of H-pyrrole nitrogens is 1. The largest absolute Gasteiger partial charge is 0.503 e. The molecule has 0 saturated heterocycles. The first-order chi connectivity index (χ1) is 13.1. The number of aryl methyl sites for hydroxylation is 2. The third kappa shape index (κ3) is 3.47. The van der Waals surface area contributed by atoms with Crippen molar-refractivity contribution in [1.29, 1.82) is 0 Å². The Bertz CT molecular complexity index is 1100. The van der Waals surface area contributed by atoms with Crippen molar-refractivity contribution < 1.29 is 9.84 Å². The number of fused-ring (bicyclic) bond motifs is 3. The van der Waals surface area contributed by atoms with Crippen LogP contribution in [0.1, 0.15) is 41.6 Å². The van der Waals surface area contributed by atoms with Crippen molar-refractivity contribution >= 4 is 45.3 Å². The van der Waals surface area contributed by atoms with Crippen molar-refractivity contribution in [3.05, 3.63) is 49.3 Å². The molecule has 2 aromatic heterocycles. The van der Waals surface area contributed by atoms with Gasteiger partial charge in [0.15, 0.2) is 11.5 Å². The summed E-state index contributed by atoms with van der Waals surface area (Å²) in [7, 11) is 0. The van der Waals surface area contributed by atoms with Crippen LogP contribution in [0.2, 0.25) is 5.02 Å². The normalized spacial score (nSPS) is 14.0. The lowest BCUT2D eigenvalue weighted by molar-refractivity contribution is 0.318. The van der Waals surface area contributed by atoms with Crippen LogP contribution >= 0.6 is 22.9 Å². The maximum Gasteiger partial charge on any atom is 0.260 e. The molecule has 0 aliphatic heterocycles. The molecule has 0 atom stereocenters. The third-order valence-corrected chi connectivity index (χ3v) is 6.10. The number of aromatic nitrogens is 2. The minimum Gasteiger partial charge on any atom is -0.503 e. The van der Waals surface area contributed by atoms with Gasteiger partial charge in [-0.05, 0) is 61.9 Å². The van der Waals surface area contributed by atoms with Crippen molar-refractivity contribution in [2.45, 2.75) is 32.6 Å². The molecule has 27 heavy (non-hydrogen) atoms. The van der Waals surface area contributed by atoms with E-state index in [0.717, 1.165) is 35.0 Å². The minimum absolute atomic E-state index is 0.0761. The summed E-state index contributed by atoms with van der Waals surface area (Å²) in [6, 6.07) is 3.33. The van der Waals surface area contributed by atoms with Crippen LogP contribution in [0.25, 0.3) is 22.4 Å². The molecule has 0 bridgehead atoms. The minimum atomic E-state index is -0.0854. The van der Waals surface area contributed by atoms with Crippen molar-refractivity contribution in [2.24, 2.45) is 0 Å². The molecule has 3 aromatic rings. The Balaban J connectivity index is 1.70. The number of ether oxygens (including phenoxy) is 1. The van der Waals surface area contributed by atoms with Crippen LogP contribution in [0.3, 0.4) is 0 Å². The number of nitrogens with one attached hydrogen (secondary N) is 1. The van der Waals surface area contributed by atoms with Gasteiger partial charge in [0.1, 0.15) is 10.7 Å². The molecule has 0 saturated carbocycles. The van der Waals surface area contributed by atoms with Gasteiger partial charge in [0.25, 0.3) is 5.56 Å². The van der Waals surface area contributed by atoms with E-state index in [2.05, 4.69) is 9.97 Å². The van der Waals surface area contributed by atoms with Gasteiger partial charge in [-0.1, -0.05) is 17.7 Å². The number of hydrogen-bond donors (Lipinski definition) is 2. The molecule has 1 aromatic carbocycles. The van der Waals surface area contributed by atoms with Gasteiger partial charge >= 0.3 is 0 Å². The second kappa shape index (κ2) is 7.37. The fourth-order valence-electron chi connectivity index (χ4n) is 3.39. The summed E-state index contributed by atoms with van der Waals surface area (Å²) >= 11 is 7.69. The Morgan fingerprint density at radius 3 is 2.96 bits per heavy atom. The zero-order valence-corrected chi connectivity index (χ0v) is 16.4. The maximum atomic E-state index is 12.6. The highest BCUT2D eigenvalue weighted by Crippen LogP contribution is 2.36. The van der Waals surface area contributed by atoms with E-state index in [-0.39, 0.29) is 16.3 Å². The summed E-state index contributed by atoms with van der Waals surface area (Å²) in [5, 5.41) is 10.9. The summed E-state index contributed by atoms with van der Waals surface area (Å²) in [5.74, 6) is 0.744. The Morgan fingerprint density at radius 1 is 1.33 bits per heavy atom. The highest BCUT2D eigenvalue weighted by atomic mass is 35.5. The molecule has 1 aliphatic carbocycles. The standard InChI is InChI=1S/C20H19ClN2O3S/c1-2-26-14-10-11(9-13(21)18(14)24)7-8-16-22-19(25)17-12-5-3-4-6-15(12)27-20(17)23-16/h7-10,24H,2-6H2,1H3,(H,22,23,25)/b8-7+. The zero-order chi connectivity index (χ0) is 19.0. The van der Waals surface area contributed by atoms with E-state index in [1.165, 1.54) is 16.9 Å². The van der Waals surface area contributed by atoms with Crippen molar-refractivity contribution in [2.75, 3.05) is 6.61 Å². The summed E-state index contributed by atoms with van der Waals surface area (Å²) in [6.07, 6.45) is 7.82. The van der Waals surface area contributed by atoms with Crippen LogP contribution in [0.15, 0.2) is 16.9 Å². The van der Waals surface area contributed by atoms with Gasteiger partial charge in [-0.2, -0.15) is 0 Å². The van der Waals surface area contributed by atoms with Gasteiger partial charge in [0, 0.05) is 4.88 Å². The van der Waals surface area contributed by atoms with Gasteiger partial charge in [-0.25, -0.2) is 4.98 Å². The first-order valence-corrected chi connectivity index (χ1v) is 10.1. The summed E-state index contributed by atoms with van der Waals surface area (Å²) < 4.78 is 5.39. The van der Waals surface area contributed by atoms with Gasteiger partial charge in [-0.3, -0.25) is 4.79 Å². The molecule has 7 heteroatoms. The Hall–Kier alpha value is -2.31. The van der Waals surface area contributed by atoms with E-state index in [1.54, 1.807) is 35.6 Å². The maximum absolute atomic E-state index is 12.6. The number of aromatic amines is 1. The monoisotopic (exact) mass is 402 g/mol. The Kier molecular flexibility index (Phi) is 4.93. The first-order valence-electron chi connectivity index (χ1n) is 8.94. The molecular weight excluding hydrogens is 384 g/mol. The van der Waals surface area contributed by atoms with Crippen LogP contribution in [0.5, 0.6) is 11.5 Å². The molecule has 5 nitrogen and oxygen atoms in total. The number of halogens is 1. The number of phenols is 1. The van der Waals surface area contributed by atoms with E-state index in [9.17, 15) is 9.90 Å². The fraction of sp³-hybridized carbons (Fsp3) is 0.300. The molecule has 2 heterocycles. The molecule has 0 unspecified atom stereocenters. The number of aromatic hydroxyl groups is 1. The smallest absolute Gasteiger partial charge is 0.260 e. The lowest BCUT2D eigenvalue weighted by Gasteiger charge is -2.09. The van der Waals surface area contributed by atoms with E-state index in [0.29, 0.717) is 18.2 Å². The number of nitrogens with zero attached hydrogens (tertiary/aromatic N) is 1.